The van der Waals surface area contributed by atoms with E-state index in [4.69, 9.17) is 5.73 Å². The predicted molar refractivity (Wildman–Crippen MR) is 95.5 cm³/mol. The highest BCUT2D eigenvalue weighted by Crippen LogP contribution is 2.38. The van der Waals surface area contributed by atoms with Crippen LogP contribution in [0, 0.1) is 0 Å². The van der Waals surface area contributed by atoms with Gasteiger partial charge in [0.05, 0.1) is 12.1 Å². The molecule has 1 aliphatic rings. The van der Waals surface area contributed by atoms with Crippen molar-refractivity contribution in [1.82, 2.24) is 14.9 Å². The minimum Gasteiger partial charge on any atom is -0.395 e. The molecule has 1 amide bonds. The van der Waals surface area contributed by atoms with Gasteiger partial charge in [-0.2, -0.15) is 0 Å². The van der Waals surface area contributed by atoms with Crippen LogP contribution in [0.4, 0.5) is 5.82 Å². The molecule has 0 radical (unpaired) electrons. The second kappa shape index (κ2) is 5.89. The number of carbonyl (C=O) groups excluding carboxylic acids is 1. The lowest BCUT2D eigenvalue weighted by molar-refractivity contribution is 0.0932. The molecule has 4 rings (SSSR count). The van der Waals surface area contributed by atoms with Crippen LogP contribution in [0.25, 0.3) is 5.52 Å². The Morgan fingerprint density at radius 2 is 2.08 bits per heavy atom. The van der Waals surface area contributed by atoms with Crippen LogP contribution < -0.4 is 11.1 Å². The molecule has 0 saturated heterocycles. The third-order valence-electron chi connectivity index (χ3n) is 5.15. The predicted octanol–water partition coefficient (Wildman–Crippen LogP) is 1.52. The Labute approximate surface area is 145 Å². The Balaban J connectivity index is 1.60. The van der Waals surface area contributed by atoms with Crippen molar-refractivity contribution in [3.05, 3.63) is 65.4 Å². The van der Waals surface area contributed by atoms with Crippen molar-refractivity contribution in [3.63, 3.8) is 0 Å². The van der Waals surface area contributed by atoms with E-state index >= 15 is 0 Å². The standard InChI is InChI=1S/C19H20N4O2/c20-17-16(15-7-3-4-10-23(15)22-17)18(25)21-11-19(12-24)9-8-13-5-1-2-6-14(13)19/h1-7,10,24H,8-9,11-12H2,(H2,20,22)(H,21,25). The van der Waals surface area contributed by atoms with E-state index in [1.54, 1.807) is 10.7 Å². The van der Waals surface area contributed by atoms with Crippen LogP contribution in [0.1, 0.15) is 27.9 Å². The Morgan fingerprint density at radius 1 is 1.28 bits per heavy atom. The molecule has 1 aromatic carbocycles. The first kappa shape index (κ1) is 15.7. The van der Waals surface area contributed by atoms with Crippen LogP contribution >= 0.6 is 0 Å². The van der Waals surface area contributed by atoms with Gasteiger partial charge in [-0.3, -0.25) is 4.79 Å². The number of pyridine rings is 1. The molecular weight excluding hydrogens is 316 g/mol. The average molecular weight is 336 g/mol. The van der Waals surface area contributed by atoms with Crippen LogP contribution in [0.3, 0.4) is 0 Å². The summed E-state index contributed by atoms with van der Waals surface area (Å²) in [5, 5.41) is 17.2. The summed E-state index contributed by atoms with van der Waals surface area (Å²) in [6.07, 6.45) is 3.48. The number of hydrogen-bond acceptors (Lipinski definition) is 4. The van der Waals surface area contributed by atoms with Crippen LogP contribution in [0.15, 0.2) is 48.7 Å². The quantitative estimate of drug-likeness (QED) is 0.673. The molecule has 1 unspecified atom stereocenters. The number of amides is 1. The van der Waals surface area contributed by atoms with E-state index in [2.05, 4.69) is 16.5 Å². The lowest BCUT2D eigenvalue weighted by Gasteiger charge is -2.28. The zero-order chi connectivity index (χ0) is 17.4. The normalized spacial score (nSPS) is 19.1. The van der Waals surface area contributed by atoms with Crippen molar-refractivity contribution in [2.45, 2.75) is 18.3 Å². The minimum absolute atomic E-state index is 0.00542. The molecule has 6 nitrogen and oxygen atoms in total. The van der Waals surface area contributed by atoms with E-state index in [1.165, 1.54) is 5.56 Å². The molecule has 3 aromatic rings. The van der Waals surface area contributed by atoms with Crippen molar-refractivity contribution in [2.24, 2.45) is 0 Å². The number of aliphatic hydroxyl groups excluding tert-OH is 1. The van der Waals surface area contributed by atoms with E-state index in [-0.39, 0.29) is 18.3 Å². The summed E-state index contributed by atoms with van der Waals surface area (Å²) in [7, 11) is 0. The third kappa shape index (κ3) is 2.46. The SMILES string of the molecule is Nc1nn2ccccc2c1C(=O)NCC1(CO)CCc2ccccc21. The van der Waals surface area contributed by atoms with E-state index in [9.17, 15) is 9.90 Å². The molecule has 25 heavy (non-hydrogen) atoms. The molecule has 128 valence electrons. The molecule has 0 saturated carbocycles. The fourth-order valence-electron chi connectivity index (χ4n) is 3.76. The first-order valence-corrected chi connectivity index (χ1v) is 8.35. The summed E-state index contributed by atoms with van der Waals surface area (Å²) in [5.74, 6) is -0.0653. The summed E-state index contributed by atoms with van der Waals surface area (Å²) in [4.78, 5) is 12.7. The number of nitrogens with zero attached hydrogens (tertiary/aromatic N) is 2. The zero-order valence-electron chi connectivity index (χ0n) is 13.8. The van der Waals surface area contributed by atoms with Crippen LogP contribution in [-0.2, 0) is 11.8 Å². The molecule has 1 atom stereocenters. The van der Waals surface area contributed by atoms with Gasteiger partial charge in [0.25, 0.3) is 5.91 Å². The number of aryl methyl sites for hydroxylation is 1. The monoisotopic (exact) mass is 336 g/mol. The summed E-state index contributed by atoms with van der Waals surface area (Å²) in [6, 6.07) is 13.6. The van der Waals surface area contributed by atoms with Gasteiger partial charge in [0, 0.05) is 18.2 Å². The van der Waals surface area contributed by atoms with E-state index in [0.29, 0.717) is 17.6 Å². The maximum Gasteiger partial charge on any atom is 0.257 e. The van der Waals surface area contributed by atoms with Gasteiger partial charge in [-0.15, -0.1) is 5.10 Å². The van der Waals surface area contributed by atoms with Crippen LogP contribution in [0.2, 0.25) is 0 Å². The number of aliphatic hydroxyl groups is 1. The highest BCUT2D eigenvalue weighted by atomic mass is 16.3. The summed E-state index contributed by atoms with van der Waals surface area (Å²) < 4.78 is 1.59. The molecule has 4 N–H and O–H groups in total. The molecule has 0 aliphatic heterocycles. The maximum atomic E-state index is 12.7. The maximum absolute atomic E-state index is 12.7. The second-order valence-electron chi connectivity index (χ2n) is 6.57. The lowest BCUT2D eigenvalue weighted by atomic mass is 9.82. The smallest absolute Gasteiger partial charge is 0.257 e. The van der Waals surface area contributed by atoms with Gasteiger partial charge in [-0.25, -0.2) is 4.52 Å². The van der Waals surface area contributed by atoms with E-state index < -0.39 is 5.41 Å². The number of nitrogens with one attached hydrogen (secondary N) is 1. The van der Waals surface area contributed by atoms with Gasteiger partial charge < -0.3 is 16.2 Å². The zero-order valence-corrected chi connectivity index (χ0v) is 13.8. The number of hydrogen-bond donors (Lipinski definition) is 3. The molecule has 0 fully saturated rings. The molecule has 0 bridgehead atoms. The van der Waals surface area contributed by atoms with Crippen molar-refractivity contribution in [2.75, 3.05) is 18.9 Å². The van der Waals surface area contributed by atoms with Crippen LogP contribution in [-0.4, -0.2) is 33.8 Å². The second-order valence-corrected chi connectivity index (χ2v) is 6.57. The number of nitrogens with two attached hydrogens (primary N) is 1. The van der Waals surface area contributed by atoms with Gasteiger partial charge >= 0.3 is 0 Å². The Kier molecular flexibility index (Phi) is 3.69. The Hall–Kier alpha value is -2.86. The molecule has 6 heteroatoms. The van der Waals surface area contributed by atoms with E-state index in [0.717, 1.165) is 18.4 Å². The molecule has 2 heterocycles. The van der Waals surface area contributed by atoms with Gasteiger partial charge in [0.2, 0.25) is 0 Å². The largest absolute Gasteiger partial charge is 0.395 e. The molecule has 1 aliphatic carbocycles. The number of carbonyl (C=O) groups is 1. The average Bonchev–Trinajstić information content (AvgIpc) is 3.17. The number of aromatic nitrogens is 2. The number of nitrogen functional groups attached to an aromatic ring is 1. The lowest BCUT2D eigenvalue weighted by Crippen LogP contribution is -2.42. The fraction of sp³-hybridized carbons (Fsp3) is 0.263. The Bertz CT molecular complexity index is 950. The van der Waals surface area contributed by atoms with Gasteiger partial charge in [0.15, 0.2) is 5.82 Å². The topological polar surface area (TPSA) is 92.6 Å². The van der Waals surface area contributed by atoms with Crippen molar-refractivity contribution < 1.29 is 9.90 Å². The van der Waals surface area contributed by atoms with Gasteiger partial charge in [-0.1, -0.05) is 30.3 Å². The number of fused-ring (bicyclic) bond motifs is 2. The van der Waals surface area contributed by atoms with Gasteiger partial charge in [-0.05, 0) is 36.1 Å². The van der Waals surface area contributed by atoms with Crippen molar-refractivity contribution >= 4 is 17.2 Å². The minimum atomic E-state index is -0.440. The summed E-state index contributed by atoms with van der Waals surface area (Å²) >= 11 is 0. The third-order valence-corrected chi connectivity index (χ3v) is 5.15. The summed E-state index contributed by atoms with van der Waals surface area (Å²) in [5.41, 5.74) is 8.89. The fourth-order valence-corrected chi connectivity index (χ4v) is 3.76. The van der Waals surface area contributed by atoms with Crippen molar-refractivity contribution in [1.29, 1.82) is 0 Å². The van der Waals surface area contributed by atoms with Crippen molar-refractivity contribution in [3.8, 4) is 0 Å². The summed E-state index contributed by atoms with van der Waals surface area (Å²) in [6.45, 7) is 0.359. The van der Waals surface area contributed by atoms with Crippen LogP contribution in [0.5, 0.6) is 0 Å². The number of rotatable bonds is 4. The number of benzene rings is 1. The first-order chi connectivity index (χ1) is 12.1. The highest BCUT2D eigenvalue weighted by molar-refractivity contribution is 6.05. The Morgan fingerprint density at radius 3 is 2.92 bits per heavy atom. The highest BCUT2D eigenvalue weighted by Gasteiger charge is 2.38. The van der Waals surface area contributed by atoms with E-state index in [1.807, 2.05) is 36.4 Å². The first-order valence-electron chi connectivity index (χ1n) is 8.35. The van der Waals surface area contributed by atoms with Gasteiger partial charge in [0.1, 0.15) is 5.56 Å². The molecular formula is C19H20N4O2. The number of anilines is 1. The molecule has 0 spiro atoms. The molecule has 2 aromatic heterocycles.